The van der Waals surface area contributed by atoms with Gasteiger partial charge in [0.25, 0.3) is 0 Å². The lowest BCUT2D eigenvalue weighted by Crippen LogP contribution is -2.47. The van der Waals surface area contributed by atoms with Crippen LogP contribution in [-0.4, -0.2) is 107 Å². The highest BCUT2D eigenvalue weighted by Crippen LogP contribution is 2.61. The number of hydrogen-bond donors (Lipinski definition) is 0. The van der Waals surface area contributed by atoms with Crippen molar-refractivity contribution in [1.29, 1.82) is 0 Å². The molecule has 0 spiro atoms. The first-order valence-corrected chi connectivity index (χ1v) is 28.7. The minimum Gasteiger partial charge on any atom is -0.466 e. The summed E-state index contributed by atoms with van der Waals surface area (Å²) in [6.45, 7) is 10.7. The highest BCUT2D eigenvalue weighted by atomic mass is 16.7. The first-order valence-electron chi connectivity index (χ1n) is 28.7. The van der Waals surface area contributed by atoms with E-state index in [4.69, 9.17) is 33.2 Å². The minimum absolute atomic E-state index is 0.0760. The maximum absolute atomic E-state index is 13.8. The van der Waals surface area contributed by atoms with Crippen LogP contribution in [0.25, 0.3) is 0 Å². The van der Waals surface area contributed by atoms with Gasteiger partial charge in [0.1, 0.15) is 31.8 Å². The molecule has 4 fully saturated rings. The molecule has 14 nitrogen and oxygen atoms in total. The van der Waals surface area contributed by atoms with E-state index in [1.54, 1.807) is 0 Å². The van der Waals surface area contributed by atoms with Crippen LogP contribution >= 0.6 is 0 Å². The molecule has 0 aliphatic heterocycles. The second-order valence-corrected chi connectivity index (χ2v) is 21.6. The van der Waals surface area contributed by atoms with E-state index in [9.17, 15) is 28.8 Å². The molecule has 410 valence electrons. The molecule has 14 heteroatoms. The van der Waals surface area contributed by atoms with E-state index in [1.165, 1.54) is 70.6 Å². The Morgan fingerprint density at radius 1 is 0.408 bits per heavy atom. The molecule has 4 aliphatic rings. The van der Waals surface area contributed by atoms with Crippen molar-refractivity contribution in [2.75, 3.05) is 65.9 Å². The second kappa shape index (κ2) is 37.3. The third-order valence-corrected chi connectivity index (χ3v) is 15.1. The predicted molar refractivity (Wildman–Crippen MR) is 274 cm³/mol. The predicted octanol–water partition coefficient (Wildman–Crippen LogP) is 12.6. The van der Waals surface area contributed by atoms with E-state index < -0.39 is 30.1 Å². The van der Waals surface area contributed by atoms with E-state index in [1.807, 2.05) is 0 Å². The van der Waals surface area contributed by atoms with Gasteiger partial charge in [0.15, 0.2) is 0 Å². The van der Waals surface area contributed by atoms with Crippen molar-refractivity contribution in [2.24, 2.45) is 28.6 Å². The van der Waals surface area contributed by atoms with Crippen molar-refractivity contribution in [3.63, 3.8) is 0 Å². The molecule has 0 heterocycles. The smallest absolute Gasteiger partial charge is 0.466 e. The lowest BCUT2D eigenvalue weighted by molar-refractivity contribution is -0.169. The molecule has 0 unspecified atom stereocenters. The van der Waals surface area contributed by atoms with Gasteiger partial charge in [-0.2, -0.15) is 0 Å². The zero-order chi connectivity index (χ0) is 51.4. The molecule has 0 aromatic carbocycles. The number of rotatable bonds is 44. The molecule has 0 atom stereocenters. The Morgan fingerprint density at radius 2 is 0.761 bits per heavy atom. The van der Waals surface area contributed by atoms with Gasteiger partial charge in [-0.1, -0.05) is 118 Å². The van der Waals surface area contributed by atoms with E-state index in [2.05, 4.69) is 32.6 Å². The Labute approximate surface area is 429 Å². The van der Waals surface area contributed by atoms with Crippen LogP contribution in [0.4, 0.5) is 4.79 Å². The van der Waals surface area contributed by atoms with Crippen molar-refractivity contribution in [3.8, 4) is 0 Å². The van der Waals surface area contributed by atoms with E-state index in [0.717, 1.165) is 77.4 Å². The average Bonchev–Trinajstić information content (AvgIpc) is 3.34. The first kappa shape index (κ1) is 61.9. The molecule has 4 aliphatic carbocycles. The molecule has 4 saturated carbocycles. The third-order valence-electron chi connectivity index (χ3n) is 15.1. The van der Waals surface area contributed by atoms with Crippen molar-refractivity contribution in [2.45, 2.75) is 233 Å². The Hall–Kier alpha value is -3.42. The summed E-state index contributed by atoms with van der Waals surface area (Å²) in [7, 11) is 0. The van der Waals surface area contributed by atoms with Gasteiger partial charge in [-0.25, -0.2) is 4.79 Å². The van der Waals surface area contributed by atoms with E-state index in [0.29, 0.717) is 82.3 Å². The molecule has 71 heavy (non-hydrogen) atoms. The summed E-state index contributed by atoms with van der Waals surface area (Å²) >= 11 is 0. The fourth-order valence-corrected chi connectivity index (χ4v) is 11.3. The van der Waals surface area contributed by atoms with Crippen molar-refractivity contribution < 1.29 is 61.9 Å². The standard InChI is InChI=1S/C57H99NO13/c1-5-9-11-13-15-17-25-33-65-50(59)28-21-19-23-30-52(61)68-43-57(46-71-55(64)67-35-27-32-58(7-3)8-4,45-70-54(63)42-56-39-47-36-48(40-56)38-49(37-47)41-56)44-69-53(62)31-24-20-22-29-51(60)66-34-26-18-16-14-12-10-6-2/h47-49H,5-46H2,1-4H3. The summed E-state index contributed by atoms with van der Waals surface area (Å²) in [5.41, 5.74) is -1.49. The molecule has 0 saturated heterocycles. The minimum atomic E-state index is -1.42. The van der Waals surface area contributed by atoms with Gasteiger partial charge in [0.2, 0.25) is 0 Å². The topological polar surface area (TPSA) is 170 Å². The van der Waals surface area contributed by atoms with Crippen LogP contribution in [0, 0.1) is 28.6 Å². The van der Waals surface area contributed by atoms with Crippen LogP contribution < -0.4 is 0 Å². The first-order chi connectivity index (χ1) is 34.4. The van der Waals surface area contributed by atoms with Gasteiger partial charge in [0.05, 0.1) is 26.2 Å². The number of esters is 5. The lowest BCUT2D eigenvalue weighted by atomic mass is 9.49. The number of unbranched alkanes of at least 4 members (excludes halogenated alkanes) is 16. The molecule has 0 aromatic heterocycles. The van der Waals surface area contributed by atoms with Gasteiger partial charge in [-0.05, 0) is 120 Å². The van der Waals surface area contributed by atoms with Gasteiger partial charge in [0, 0.05) is 32.2 Å². The number of nitrogens with zero attached hydrogens (tertiary/aromatic N) is 1. The van der Waals surface area contributed by atoms with Crippen LogP contribution in [0.2, 0.25) is 0 Å². The zero-order valence-corrected chi connectivity index (χ0v) is 45.2. The third kappa shape index (κ3) is 28.0. The van der Waals surface area contributed by atoms with Crippen LogP contribution in [0.5, 0.6) is 0 Å². The average molecular weight is 1010 g/mol. The summed E-state index contributed by atoms with van der Waals surface area (Å²) in [5.74, 6) is 0.111. The van der Waals surface area contributed by atoms with Crippen molar-refractivity contribution >= 4 is 36.0 Å². The van der Waals surface area contributed by atoms with Crippen LogP contribution in [0.15, 0.2) is 0 Å². The highest BCUT2D eigenvalue weighted by Gasteiger charge is 2.52. The number of hydrogen-bond acceptors (Lipinski definition) is 14. The lowest BCUT2D eigenvalue weighted by Gasteiger charge is -2.56. The molecule has 0 radical (unpaired) electrons. The van der Waals surface area contributed by atoms with Crippen molar-refractivity contribution in [3.05, 3.63) is 0 Å². The monoisotopic (exact) mass is 1010 g/mol. The van der Waals surface area contributed by atoms with E-state index >= 15 is 0 Å². The highest BCUT2D eigenvalue weighted by molar-refractivity contribution is 5.71. The Morgan fingerprint density at radius 3 is 1.18 bits per heavy atom. The van der Waals surface area contributed by atoms with E-state index in [-0.39, 0.29) is 75.4 Å². The SMILES string of the molecule is CCCCCCCCCOC(=O)CCCCCC(=O)OCC(COC(=O)CCCCCC(=O)OCCCCCCCCC)(COC(=O)CC12CC3CC(CC(C3)C1)C2)COC(=O)OCCCN(CC)CC. The summed E-state index contributed by atoms with van der Waals surface area (Å²) in [5, 5.41) is 0. The number of carbonyl (C=O) groups excluding carboxylic acids is 6. The zero-order valence-electron chi connectivity index (χ0n) is 45.2. The fraction of sp³-hybridized carbons (Fsp3) is 0.895. The Kier molecular flexibility index (Phi) is 32.5. The second-order valence-electron chi connectivity index (χ2n) is 21.6. The molecule has 0 N–H and O–H groups in total. The molecule has 4 rings (SSSR count). The fourth-order valence-electron chi connectivity index (χ4n) is 11.3. The van der Waals surface area contributed by atoms with Crippen LogP contribution in [0.1, 0.15) is 233 Å². The molecule has 0 amide bonds. The number of carbonyl (C=O) groups is 6. The largest absolute Gasteiger partial charge is 0.508 e. The summed E-state index contributed by atoms with van der Waals surface area (Å²) in [6, 6.07) is 0. The van der Waals surface area contributed by atoms with Gasteiger partial charge in [-0.15, -0.1) is 0 Å². The van der Waals surface area contributed by atoms with Crippen LogP contribution in [0.3, 0.4) is 0 Å². The maximum Gasteiger partial charge on any atom is 0.508 e. The molecule has 4 bridgehead atoms. The summed E-state index contributed by atoms with van der Waals surface area (Å²) in [4.78, 5) is 80.2. The molecular weight excluding hydrogens is 907 g/mol. The summed E-state index contributed by atoms with van der Waals surface area (Å²) < 4.78 is 39.6. The molecular formula is C57H99NO13. The van der Waals surface area contributed by atoms with Gasteiger partial charge in [-0.3, -0.25) is 24.0 Å². The van der Waals surface area contributed by atoms with Gasteiger partial charge >= 0.3 is 36.0 Å². The van der Waals surface area contributed by atoms with Crippen LogP contribution in [-0.2, 0) is 57.1 Å². The maximum atomic E-state index is 13.8. The Bertz CT molecular complexity index is 1400. The van der Waals surface area contributed by atoms with Crippen molar-refractivity contribution in [1.82, 2.24) is 4.90 Å². The quantitative estimate of drug-likeness (QED) is 0.0321. The number of ether oxygens (including phenoxy) is 7. The van der Waals surface area contributed by atoms with Gasteiger partial charge < -0.3 is 38.1 Å². The normalized spacial score (nSPS) is 19.1. The Balaban J connectivity index is 1.57. The molecule has 0 aromatic rings. The summed E-state index contributed by atoms with van der Waals surface area (Å²) in [6.07, 6.45) is 27.0.